The normalized spacial score (nSPS) is 15.0. The van der Waals surface area contributed by atoms with Crippen LogP contribution in [0.15, 0.2) is 18.2 Å². The van der Waals surface area contributed by atoms with Crippen LogP contribution < -0.4 is 14.8 Å². The van der Waals surface area contributed by atoms with E-state index in [4.69, 9.17) is 21.5 Å². The Morgan fingerprint density at radius 3 is 2.57 bits per heavy atom. The Hall–Kier alpha value is -1.91. The Morgan fingerprint density at radius 1 is 1.32 bits per heavy atom. The molecule has 10 heteroatoms. The third-order valence-corrected chi connectivity index (χ3v) is 5.65. The Bertz CT molecular complexity index is 807. The number of nitrogens with zero attached hydrogens (tertiary/aromatic N) is 1. The van der Waals surface area contributed by atoms with Gasteiger partial charge in [0.05, 0.1) is 12.8 Å². The number of hydrogen-bond donors (Lipinski definition) is 3. The fourth-order valence-electron chi connectivity index (χ4n) is 3.44. The van der Waals surface area contributed by atoms with Crippen molar-refractivity contribution >= 4 is 39.2 Å². The first kappa shape index (κ1) is 22.4. The predicted octanol–water partition coefficient (Wildman–Crippen LogP) is 2.51. The number of benzene rings is 1. The molecule has 1 aliphatic rings. The lowest BCUT2D eigenvalue weighted by molar-refractivity contribution is -0.129. The molecular weight excluding hydrogens is 402 g/mol. The summed E-state index contributed by atoms with van der Waals surface area (Å²) in [5, 5.41) is 3.34. The Balaban J connectivity index is 2.11. The number of carbonyl (C=O) groups excluding carboxylic acids is 1. The van der Waals surface area contributed by atoms with E-state index >= 15 is 0 Å². The van der Waals surface area contributed by atoms with Gasteiger partial charge in [-0.05, 0) is 49.2 Å². The maximum absolute atomic E-state index is 12.9. The summed E-state index contributed by atoms with van der Waals surface area (Å²) >= 11 is 5.35. The van der Waals surface area contributed by atoms with Crippen molar-refractivity contribution < 1.29 is 22.5 Å². The van der Waals surface area contributed by atoms with Crippen LogP contribution in [0, 0.1) is 0 Å². The van der Waals surface area contributed by atoms with Crippen LogP contribution in [0.3, 0.4) is 0 Å². The molecule has 0 bridgehead atoms. The van der Waals surface area contributed by atoms with Gasteiger partial charge in [-0.2, -0.15) is 8.42 Å². The predicted molar refractivity (Wildman–Crippen MR) is 112 cm³/mol. The van der Waals surface area contributed by atoms with Crippen LogP contribution in [-0.2, 0) is 21.5 Å². The highest BCUT2D eigenvalue weighted by molar-refractivity contribution is 7.87. The first-order valence-electron chi connectivity index (χ1n) is 9.21. The number of carbonyl (C=O) groups is 1. The van der Waals surface area contributed by atoms with E-state index in [1.165, 1.54) is 13.5 Å². The average molecular weight is 430 g/mol. The van der Waals surface area contributed by atoms with Crippen LogP contribution in [0.5, 0.6) is 5.75 Å². The highest BCUT2D eigenvalue weighted by atomic mass is 32.2. The fourth-order valence-corrected chi connectivity index (χ4v) is 4.13. The van der Waals surface area contributed by atoms with Gasteiger partial charge in [-0.15, -0.1) is 0 Å². The van der Waals surface area contributed by atoms with Crippen LogP contribution in [-0.4, -0.2) is 49.1 Å². The van der Waals surface area contributed by atoms with Gasteiger partial charge >= 0.3 is 10.3 Å². The second-order valence-corrected chi connectivity index (χ2v) is 8.26. The van der Waals surface area contributed by atoms with Crippen LogP contribution in [0.1, 0.15) is 44.1 Å². The zero-order chi connectivity index (χ0) is 20.7. The van der Waals surface area contributed by atoms with Gasteiger partial charge in [0.1, 0.15) is 5.75 Å². The van der Waals surface area contributed by atoms with Crippen molar-refractivity contribution in [1.82, 2.24) is 10.2 Å². The van der Waals surface area contributed by atoms with Gasteiger partial charge in [-0.1, -0.05) is 25.3 Å². The number of hydrogen-bond acceptors (Lipinski definition) is 5. The van der Waals surface area contributed by atoms with E-state index in [0.29, 0.717) is 11.5 Å². The van der Waals surface area contributed by atoms with Gasteiger partial charge in [0, 0.05) is 19.5 Å². The minimum absolute atomic E-state index is 0.0636. The second kappa shape index (κ2) is 10.0. The molecule has 1 amide bonds. The van der Waals surface area contributed by atoms with Gasteiger partial charge in [0.2, 0.25) is 5.91 Å². The summed E-state index contributed by atoms with van der Waals surface area (Å²) in [7, 11) is -1.32. The third kappa shape index (κ3) is 6.32. The summed E-state index contributed by atoms with van der Waals surface area (Å²) in [6.07, 6.45) is 5.87. The topological polar surface area (TPSA) is 108 Å². The van der Waals surface area contributed by atoms with Gasteiger partial charge in [0.15, 0.2) is 5.11 Å². The molecule has 2 rings (SSSR count). The maximum Gasteiger partial charge on any atom is 0.357 e. The molecule has 0 aromatic heterocycles. The van der Waals surface area contributed by atoms with Crippen LogP contribution in [0.4, 0.5) is 5.69 Å². The summed E-state index contributed by atoms with van der Waals surface area (Å²) < 4.78 is 38.4. The number of aryl methyl sites for hydroxylation is 1. The first-order valence-corrected chi connectivity index (χ1v) is 11.1. The molecule has 1 aromatic carbocycles. The molecule has 0 aliphatic heterocycles. The van der Waals surface area contributed by atoms with Crippen molar-refractivity contribution in [2.75, 3.05) is 18.9 Å². The molecule has 3 N–H and O–H groups in total. The van der Waals surface area contributed by atoms with E-state index in [1.54, 1.807) is 30.1 Å². The summed E-state index contributed by atoms with van der Waals surface area (Å²) in [5.41, 5.74) is 0.851. The Kier molecular flexibility index (Phi) is 8.02. The van der Waals surface area contributed by atoms with E-state index < -0.39 is 10.3 Å². The number of anilines is 1. The summed E-state index contributed by atoms with van der Waals surface area (Å²) in [6, 6.07) is 5.00. The highest BCUT2D eigenvalue weighted by Crippen LogP contribution is 2.27. The third-order valence-electron chi connectivity index (χ3n) is 4.77. The summed E-state index contributed by atoms with van der Waals surface area (Å²) in [4.78, 5) is 14.6. The van der Waals surface area contributed by atoms with Crippen molar-refractivity contribution in [3.8, 4) is 5.75 Å². The SMILES string of the molecule is CNC(=S)N(C(=O)CCc1ccc(OC)c(NS(=O)(=O)O)c1)C1CCCCC1. The molecule has 0 spiro atoms. The van der Waals surface area contributed by atoms with E-state index in [0.717, 1.165) is 31.2 Å². The summed E-state index contributed by atoms with van der Waals surface area (Å²) in [6.45, 7) is 0. The molecule has 156 valence electrons. The molecule has 0 radical (unpaired) electrons. The van der Waals surface area contributed by atoms with Crippen LogP contribution in [0.25, 0.3) is 0 Å². The van der Waals surface area contributed by atoms with Gasteiger partial charge in [0.25, 0.3) is 0 Å². The zero-order valence-electron chi connectivity index (χ0n) is 16.1. The van der Waals surface area contributed by atoms with E-state index in [2.05, 4.69) is 5.32 Å². The Morgan fingerprint density at radius 2 is 2.00 bits per heavy atom. The van der Waals surface area contributed by atoms with Crippen molar-refractivity contribution in [1.29, 1.82) is 0 Å². The van der Waals surface area contributed by atoms with Crippen molar-refractivity contribution in [2.45, 2.75) is 51.0 Å². The van der Waals surface area contributed by atoms with E-state index in [-0.39, 0.29) is 29.8 Å². The molecule has 0 saturated heterocycles. The molecule has 0 unspecified atom stereocenters. The lowest BCUT2D eigenvalue weighted by Crippen LogP contribution is -2.49. The highest BCUT2D eigenvalue weighted by Gasteiger charge is 2.28. The second-order valence-electron chi connectivity index (χ2n) is 6.72. The van der Waals surface area contributed by atoms with Gasteiger partial charge < -0.3 is 10.1 Å². The van der Waals surface area contributed by atoms with E-state index in [9.17, 15) is 13.2 Å². The first-order chi connectivity index (χ1) is 13.2. The quantitative estimate of drug-likeness (QED) is 0.451. The van der Waals surface area contributed by atoms with Gasteiger partial charge in [-0.25, -0.2) is 0 Å². The summed E-state index contributed by atoms with van der Waals surface area (Å²) in [5.74, 6) is 0.208. The molecule has 8 nitrogen and oxygen atoms in total. The monoisotopic (exact) mass is 429 g/mol. The number of amides is 1. The average Bonchev–Trinajstić information content (AvgIpc) is 2.66. The minimum Gasteiger partial charge on any atom is -0.495 e. The van der Waals surface area contributed by atoms with Crippen LogP contribution >= 0.6 is 12.2 Å². The number of nitrogens with one attached hydrogen (secondary N) is 2. The largest absolute Gasteiger partial charge is 0.495 e. The number of methoxy groups -OCH3 is 1. The van der Waals surface area contributed by atoms with Gasteiger partial charge in [-0.3, -0.25) is 19.0 Å². The molecular formula is C18H27N3O5S2. The maximum atomic E-state index is 12.9. The van der Waals surface area contributed by atoms with E-state index in [1.807, 2.05) is 4.72 Å². The molecule has 0 atom stereocenters. The fraction of sp³-hybridized carbons (Fsp3) is 0.556. The van der Waals surface area contributed by atoms with Crippen LogP contribution in [0.2, 0.25) is 0 Å². The molecule has 1 fully saturated rings. The lowest BCUT2D eigenvalue weighted by Gasteiger charge is -2.34. The number of thiocarbonyl (C=S) groups is 1. The zero-order valence-corrected chi connectivity index (χ0v) is 17.7. The smallest absolute Gasteiger partial charge is 0.357 e. The number of rotatable bonds is 7. The number of ether oxygens (including phenoxy) is 1. The molecule has 0 heterocycles. The molecule has 28 heavy (non-hydrogen) atoms. The lowest BCUT2D eigenvalue weighted by atomic mass is 9.94. The Labute approximate surface area is 171 Å². The molecule has 1 aliphatic carbocycles. The molecule has 1 saturated carbocycles. The van der Waals surface area contributed by atoms with Crippen molar-refractivity contribution in [2.24, 2.45) is 0 Å². The van der Waals surface area contributed by atoms with Crippen molar-refractivity contribution in [3.63, 3.8) is 0 Å². The minimum atomic E-state index is -4.43. The van der Waals surface area contributed by atoms with Crippen molar-refractivity contribution in [3.05, 3.63) is 23.8 Å². The molecule has 1 aromatic rings. The standard InChI is InChI=1S/C18H27N3O5S2/c1-19-18(27)21(14-6-4-3-5-7-14)17(22)11-9-13-8-10-16(26-2)15(12-13)20-28(23,24)25/h8,10,12,14,20H,3-7,9,11H2,1-2H3,(H,19,27)(H,23,24,25).